The van der Waals surface area contributed by atoms with E-state index in [0.29, 0.717) is 0 Å². The molecule has 3 rings (SSSR count). The first-order valence-electron chi connectivity index (χ1n) is 7.88. The monoisotopic (exact) mass is 313 g/mol. The highest BCUT2D eigenvalue weighted by molar-refractivity contribution is 5.50. The number of methoxy groups -OCH3 is 2. The number of ether oxygens (including phenoxy) is 2. The first kappa shape index (κ1) is 15.8. The van der Waals surface area contributed by atoms with Crippen LogP contribution in [-0.4, -0.2) is 32.0 Å². The number of aliphatic hydroxyl groups is 1. The summed E-state index contributed by atoms with van der Waals surface area (Å²) in [5, 5.41) is 9.66. The molecule has 1 aliphatic rings. The van der Waals surface area contributed by atoms with Crippen molar-refractivity contribution in [2.24, 2.45) is 5.73 Å². The van der Waals surface area contributed by atoms with Crippen molar-refractivity contribution in [3.63, 3.8) is 0 Å². The van der Waals surface area contributed by atoms with Crippen molar-refractivity contribution in [3.8, 4) is 11.5 Å². The lowest BCUT2D eigenvalue weighted by Crippen LogP contribution is -2.33. The minimum atomic E-state index is -0.340. The summed E-state index contributed by atoms with van der Waals surface area (Å²) in [7, 11) is 3.35. The Hall–Kier alpha value is -2.04. The van der Waals surface area contributed by atoms with Gasteiger partial charge in [-0.05, 0) is 59.4 Å². The molecule has 1 atom stereocenters. The molecule has 4 nitrogen and oxygen atoms in total. The van der Waals surface area contributed by atoms with Crippen LogP contribution in [-0.2, 0) is 12.8 Å². The predicted octanol–water partition coefficient (Wildman–Crippen LogP) is 2.25. The standard InChI is InChI=1S/C19H23NO3/c1-22-14-5-7-16-12(9-14)3-4-13-10-15(23-2)6-8-17(13)19(16)18(20)11-21/h5-10,18-19,21H,3-4,11,20H2,1-2H3. The van der Waals surface area contributed by atoms with Crippen molar-refractivity contribution in [1.82, 2.24) is 0 Å². The predicted molar refractivity (Wildman–Crippen MR) is 90.3 cm³/mol. The van der Waals surface area contributed by atoms with Crippen LogP contribution in [0.15, 0.2) is 36.4 Å². The Labute approximate surface area is 136 Å². The van der Waals surface area contributed by atoms with Gasteiger partial charge in [-0.15, -0.1) is 0 Å². The van der Waals surface area contributed by atoms with E-state index < -0.39 is 0 Å². The van der Waals surface area contributed by atoms with Gasteiger partial charge in [0, 0.05) is 12.0 Å². The first-order chi connectivity index (χ1) is 11.2. The second-order valence-corrected chi connectivity index (χ2v) is 5.95. The van der Waals surface area contributed by atoms with Gasteiger partial charge in [0.1, 0.15) is 11.5 Å². The lowest BCUT2D eigenvalue weighted by atomic mass is 9.83. The number of rotatable bonds is 4. The van der Waals surface area contributed by atoms with E-state index in [1.807, 2.05) is 12.1 Å². The van der Waals surface area contributed by atoms with E-state index in [1.54, 1.807) is 14.2 Å². The van der Waals surface area contributed by atoms with E-state index in [0.717, 1.165) is 24.3 Å². The van der Waals surface area contributed by atoms with Gasteiger partial charge < -0.3 is 20.3 Å². The Balaban J connectivity index is 2.15. The van der Waals surface area contributed by atoms with Crippen LogP contribution < -0.4 is 15.2 Å². The van der Waals surface area contributed by atoms with Crippen LogP contribution in [0.1, 0.15) is 28.2 Å². The Bertz CT molecular complexity index is 644. The summed E-state index contributed by atoms with van der Waals surface area (Å²) in [4.78, 5) is 0. The summed E-state index contributed by atoms with van der Waals surface area (Å²) in [5.74, 6) is 1.68. The SMILES string of the molecule is COc1ccc2c(c1)CCc1cc(OC)ccc1C2C(N)CO. The average molecular weight is 313 g/mol. The Morgan fingerprint density at radius 3 is 1.87 bits per heavy atom. The van der Waals surface area contributed by atoms with Crippen molar-refractivity contribution in [2.45, 2.75) is 24.8 Å². The maximum absolute atomic E-state index is 9.66. The first-order valence-corrected chi connectivity index (χ1v) is 7.88. The van der Waals surface area contributed by atoms with Gasteiger partial charge in [0.2, 0.25) is 0 Å². The van der Waals surface area contributed by atoms with Crippen molar-refractivity contribution in [1.29, 1.82) is 0 Å². The molecule has 1 aliphatic carbocycles. The zero-order valence-electron chi connectivity index (χ0n) is 13.6. The molecule has 0 fully saturated rings. The Morgan fingerprint density at radius 1 is 1.00 bits per heavy atom. The fourth-order valence-electron chi connectivity index (χ4n) is 3.46. The number of nitrogens with two attached hydrogens (primary N) is 1. The third-order valence-corrected chi connectivity index (χ3v) is 4.67. The second kappa shape index (κ2) is 6.60. The fraction of sp³-hybridized carbons (Fsp3) is 0.368. The highest BCUT2D eigenvalue weighted by atomic mass is 16.5. The van der Waals surface area contributed by atoms with Crippen LogP contribution in [0.4, 0.5) is 0 Å². The highest BCUT2D eigenvalue weighted by Crippen LogP contribution is 2.38. The normalized spacial score (nSPS) is 15.3. The van der Waals surface area contributed by atoms with Gasteiger partial charge >= 0.3 is 0 Å². The Kier molecular flexibility index (Phi) is 4.55. The van der Waals surface area contributed by atoms with Crippen molar-refractivity contribution >= 4 is 0 Å². The van der Waals surface area contributed by atoms with E-state index in [-0.39, 0.29) is 18.6 Å². The Morgan fingerprint density at radius 2 is 1.48 bits per heavy atom. The van der Waals surface area contributed by atoms with Gasteiger partial charge in [0.25, 0.3) is 0 Å². The van der Waals surface area contributed by atoms with Gasteiger partial charge in [-0.1, -0.05) is 12.1 Å². The molecule has 0 radical (unpaired) electrons. The molecule has 1 unspecified atom stereocenters. The van der Waals surface area contributed by atoms with Crippen molar-refractivity contribution < 1.29 is 14.6 Å². The smallest absolute Gasteiger partial charge is 0.119 e. The number of fused-ring (bicyclic) bond motifs is 2. The molecule has 2 aromatic carbocycles. The summed E-state index contributed by atoms with van der Waals surface area (Å²) < 4.78 is 10.7. The quantitative estimate of drug-likeness (QED) is 0.909. The summed E-state index contributed by atoms with van der Waals surface area (Å²) >= 11 is 0. The van der Waals surface area contributed by atoms with E-state index in [1.165, 1.54) is 22.3 Å². The van der Waals surface area contributed by atoms with Crippen LogP contribution >= 0.6 is 0 Å². The summed E-state index contributed by atoms with van der Waals surface area (Å²) in [5.41, 5.74) is 11.1. The topological polar surface area (TPSA) is 64.7 Å². The minimum absolute atomic E-state index is 0.0238. The molecule has 4 heteroatoms. The van der Waals surface area contributed by atoms with Crippen molar-refractivity contribution in [3.05, 3.63) is 58.7 Å². The minimum Gasteiger partial charge on any atom is -0.497 e. The van der Waals surface area contributed by atoms with Crippen LogP contribution in [0.5, 0.6) is 11.5 Å². The van der Waals surface area contributed by atoms with Gasteiger partial charge in [-0.25, -0.2) is 0 Å². The van der Waals surface area contributed by atoms with E-state index in [9.17, 15) is 5.11 Å². The van der Waals surface area contributed by atoms with Crippen molar-refractivity contribution in [2.75, 3.05) is 20.8 Å². The molecular formula is C19H23NO3. The van der Waals surface area contributed by atoms with Crippen LogP contribution in [0.25, 0.3) is 0 Å². The number of aryl methyl sites for hydroxylation is 2. The largest absolute Gasteiger partial charge is 0.497 e. The maximum Gasteiger partial charge on any atom is 0.119 e. The third-order valence-electron chi connectivity index (χ3n) is 4.67. The molecule has 0 aromatic heterocycles. The zero-order valence-corrected chi connectivity index (χ0v) is 13.6. The van der Waals surface area contributed by atoms with Gasteiger partial charge in [0.05, 0.1) is 20.8 Å². The number of aliphatic hydroxyl groups excluding tert-OH is 1. The molecule has 0 spiro atoms. The molecule has 0 aliphatic heterocycles. The zero-order chi connectivity index (χ0) is 16.4. The summed E-state index contributed by atoms with van der Waals surface area (Å²) in [6.45, 7) is -0.0540. The molecule has 2 aromatic rings. The number of benzene rings is 2. The molecular weight excluding hydrogens is 290 g/mol. The number of hydrogen-bond acceptors (Lipinski definition) is 4. The summed E-state index contributed by atoms with van der Waals surface area (Å²) in [6, 6.07) is 11.9. The molecule has 0 bridgehead atoms. The molecule has 23 heavy (non-hydrogen) atoms. The van der Waals surface area contributed by atoms with Gasteiger partial charge in [-0.3, -0.25) is 0 Å². The highest BCUT2D eigenvalue weighted by Gasteiger charge is 2.28. The van der Waals surface area contributed by atoms with Gasteiger partial charge in [0.15, 0.2) is 0 Å². The lowest BCUT2D eigenvalue weighted by molar-refractivity contribution is 0.256. The average Bonchev–Trinajstić information content (AvgIpc) is 2.76. The van der Waals surface area contributed by atoms with Crippen LogP contribution in [0, 0.1) is 0 Å². The third kappa shape index (κ3) is 2.92. The molecule has 0 saturated carbocycles. The molecule has 122 valence electrons. The summed E-state index contributed by atoms with van der Waals surface area (Å²) in [6.07, 6.45) is 1.84. The lowest BCUT2D eigenvalue weighted by Gasteiger charge is -2.25. The van der Waals surface area contributed by atoms with E-state index in [2.05, 4.69) is 24.3 Å². The molecule has 0 amide bonds. The van der Waals surface area contributed by atoms with E-state index >= 15 is 0 Å². The second-order valence-electron chi connectivity index (χ2n) is 5.95. The maximum atomic E-state index is 9.66. The fourth-order valence-corrected chi connectivity index (χ4v) is 3.46. The van der Waals surface area contributed by atoms with Crippen LogP contribution in [0.3, 0.4) is 0 Å². The molecule has 0 heterocycles. The van der Waals surface area contributed by atoms with Crippen LogP contribution in [0.2, 0.25) is 0 Å². The molecule has 3 N–H and O–H groups in total. The molecule has 0 saturated heterocycles. The number of hydrogen-bond donors (Lipinski definition) is 2. The van der Waals surface area contributed by atoms with E-state index in [4.69, 9.17) is 15.2 Å². The van der Waals surface area contributed by atoms with Gasteiger partial charge in [-0.2, -0.15) is 0 Å².